The summed E-state index contributed by atoms with van der Waals surface area (Å²) in [4.78, 5) is 9.41. The number of aromatic nitrogens is 1. The monoisotopic (exact) mass is 481 g/mol. The predicted octanol–water partition coefficient (Wildman–Crippen LogP) is 5.24. The molecule has 0 unspecified atom stereocenters. The molecule has 2 aromatic heterocycles. The lowest BCUT2D eigenvalue weighted by atomic mass is 10.1. The van der Waals surface area contributed by atoms with E-state index in [4.69, 9.17) is 4.74 Å². The van der Waals surface area contributed by atoms with Crippen LogP contribution in [0, 0.1) is 0 Å². The Morgan fingerprint density at radius 2 is 2.00 bits per heavy atom. The maximum absolute atomic E-state index is 5.46. The molecule has 0 N–H and O–H groups in total. The van der Waals surface area contributed by atoms with Gasteiger partial charge in [-0.1, -0.05) is 15.9 Å². The molecule has 0 amide bonds. The Bertz CT molecular complexity index is 912. The standard InChI is InChI=1S/C21H24BrN3OS.ClH/c1-26-19-5-2-8-23-21(19)25-12-10-24(11-13-25)9-3-4-16-15-27-20-7-6-17(22)14-18(16)20;/h2,5-8,14-15H,3-4,9-13H2,1H3;1H. The van der Waals surface area contributed by atoms with E-state index >= 15 is 0 Å². The van der Waals surface area contributed by atoms with Gasteiger partial charge in [0.2, 0.25) is 0 Å². The first-order chi connectivity index (χ1) is 13.2. The Kier molecular flexibility index (Phi) is 7.57. The van der Waals surface area contributed by atoms with Gasteiger partial charge in [0.25, 0.3) is 0 Å². The van der Waals surface area contributed by atoms with Crippen LogP contribution in [0.5, 0.6) is 5.75 Å². The molecular formula is C21H25BrClN3OS. The molecule has 3 aromatic rings. The van der Waals surface area contributed by atoms with Crippen LogP contribution >= 0.6 is 39.7 Å². The first-order valence-electron chi connectivity index (χ1n) is 9.36. The fourth-order valence-electron chi connectivity index (χ4n) is 3.70. The second-order valence-electron chi connectivity index (χ2n) is 6.86. The molecule has 1 saturated heterocycles. The van der Waals surface area contributed by atoms with E-state index in [-0.39, 0.29) is 12.4 Å². The molecule has 1 fully saturated rings. The quantitative estimate of drug-likeness (QED) is 0.480. The number of thiophene rings is 1. The lowest BCUT2D eigenvalue weighted by Gasteiger charge is -2.35. The van der Waals surface area contributed by atoms with Gasteiger partial charge in [-0.2, -0.15) is 0 Å². The second kappa shape index (κ2) is 9.92. The van der Waals surface area contributed by atoms with Gasteiger partial charge in [-0.25, -0.2) is 4.98 Å². The highest BCUT2D eigenvalue weighted by molar-refractivity contribution is 9.10. The van der Waals surface area contributed by atoms with E-state index in [1.54, 1.807) is 7.11 Å². The maximum atomic E-state index is 5.46. The number of pyridine rings is 1. The number of rotatable bonds is 6. The number of nitrogens with zero attached hydrogens (tertiary/aromatic N) is 3. The number of hydrogen-bond donors (Lipinski definition) is 0. The molecule has 0 bridgehead atoms. The third-order valence-electron chi connectivity index (χ3n) is 5.18. The minimum Gasteiger partial charge on any atom is -0.493 e. The van der Waals surface area contributed by atoms with Crippen LogP contribution in [0.4, 0.5) is 5.82 Å². The third kappa shape index (κ3) is 4.79. The van der Waals surface area contributed by atoms with Crippen molar-refractivity contribution in [3.63, 3.8) is 0 Å². The van der Waals surface area contributed by atoms with Crippen molar-refractivity contribution in [3.8, 4) is 5.75 Å². The summed E-state index contributed by atoms with van der Waals surface area (Å²) < 4.78 is 8.00. The van der Waals surface area contributed by atoms with Crippen LogP contribution < -0.4 is 9.64 Å². The Morgan fingerprint density at radius 1 is 1.18 bits per heavy atom. The van der Waals surface area contributed by atoms with E-state index in [1.165, 1.54) is 22.1 Å². The highest BCUT2D eigenvalue weighted by Gasteiger charge is 2.20. The van der Waals surface area contributed by atoms with Gasteiger partial charge in [0.05, 0.1) is 7.11 Å². The van der Waals surface area contributed by atoms with Crippen molar-refractivity contribution in [1.82, 2.24) is 9.88 Å². The molecule has 0 radical (unpaired) electrons. The second-order valence-corrected chi connectivity index (χ2v) is 8.69. The van der Waals surface area contributed by atoms with Gasteiger partial charge >= 0.3 is 0 Å². The van der Waals surface area contributed by atoms with Crippen molar-refractivity contribution >= 4 is 55.6 Å². The molecular weight excluding hydrogens is 458 g/mol. The summed E-state index contributed by atoms with van der Waals surface area (Å²) >= 11 is 5.44. The van der Waals surface area contributed by atoms with E-state index in [9.17, 15) is 0 Å². The van der Waals surface area contributed by atoms with Crippen LogP contribution in [0.15, 0.2) is 46.4 Å². The van der Waals surface area contributed by atoms with Gasteiger partial charge < -0.3 is 9.64 Å². The van der Waals surface area contributed by atoms with Gasteiger partial charge in [0.15, 0.2) is 11.6 Å². The Morgan fingerprint density at radius 3 is 2.79 bits per heavy atom. The molecule has 1 aromatic carbocycles. The molecule has 7 heteroatoms. The molecule has 1 aliphatic heterocycles. The summed E-state index contributed by atoms with van der Waals surface area (Å²) in [5.74, 6) is 1.83. The molecule has 3 heterocycles. The van der Waals surface area contributed by atoms with E-state index in [2.05, 4.69) is 54.3 Å². The smallest absolute Gasteiger partial charge is 0.171 e. The van der Waals surface area contributed by atoms with Crippen molar-refractivity contribution in [3.05, 3.63) is 51.9 Å². The number of anilines is 1. The zero-order valence-electron chi connectivity index (χ0n) is 15.9. The summed E-state index contributed by atoms with van der Waals surface area (Å²) in [5.41, 5.74) is 1.48. The first kappa shape index (κ1) is 21.4. The molecule has 150 valence electrons. The van der Waals surface area contributed by atoms with Crippen LogP contribution in [-0.2, 0) is 6.42 Å². The van der Waals surface area contributed by atoms with E-state index < -0.39 is 0 Å². The van der Waals surface area contributed by atoms with Gasteiger partial charge in [0, 0.05) is 41.5 Å². The van der Waals surface area contributed by atoms with Crippen molar-refractivity contribution in [2.75, 3.05) is 44.7 Å². The average molecular weight is 483 g/mol. The van der Waals surface area contributed by atoms with Gasteiger partial charge in [-0.15, -0.1) is 23.7 Å². The van der Waals surface area contributed by atoms with Gasteiger partial charge in [-0.3, -0.25) is 4.90 Å². The molecule has 28 heavy (non-hydrogen) atoms. The number of ether oxygens (including phenoxy) is 1. The van der Waals surface area contributed by atoms with Gasteiger partial charge in [0.1, 0.15) is 0 Å². The van der Waals surface area contributed by atoms with Crippen molar-refractivity contribution in [2.45, 2.75) is 12.8 Å². The fourth-order valence-corrected chi connectivity index (χ4v) is 5.04. The van der Waals surface area contributed by atoms with Crippen LogP contribution in [-0.4, -0.2) is 49.7 Å². The molecule has 4 rings (SSSR count). The van der Waals surface area contributed by atoms with E-state index in [0.29, 0.717) is 0 Å². The average Bonchev–Trinajstić information content (AvgIpc) is 3.10. The van der Waals surface area contributed by atoms with Crippen molar-refractivity contribution < 1.29 is 4.74 Å². The van der Waals surface area contributed by atoms with Crippen LogP contribution in [0.1, 0.15) is 12.0 Å². The van der Waals surface area contributed by atoms with E-state index in [0.717, 1.165) is 55.2 Å². The number of piperazine rings is 1. The molecule has 0 atom stereocenters. The van der Waals surface area contributed by atoms with Gasteiger partial charge in [-0.05, 0) is 66.0 Å². The Hall–Kier alpha value is -1.34. The minimum absolute atomic E-state index is 0. The number of benzene rings is 1. The third-order valence-corrected chi connectivity index (χ3v) is 6.68. The largest absolute Gasteiger partial charge is 0.493 e. The normalized spacial score (nSPS) is 14.9. The first-order valence-corrected chi connectivity index (χ1v) is 11.0. The lowest BCUT2D eigenvalue weighted by molar-refractivity contribution is 0.254. The predicted molar refractivity (Wildman–Crippen MR) is 125 cm³/mol. The summed E-state index contributed by atoms with van der Waals surface area (Å²) in [6.07, 6.45) is 4.18. The fraction of sp³-hybridized carbons (Fsp3) is 0.381. The number of aryl methyl sites for hydroxylation is 1. The highest BCUT2D eigenvalue weighted by atomic mass is 79.9. The van der Waals surface area contributed by atoms with Crippen LogP contribution in [0.25, 0.3) is 10.1 Å². The number of methoxy groups -OCH3 is 1. The SMILES string of the molecule is COc1cccnc1N1CCN(CCCc2csc3ccc(Br)cc23)CC1.Cl. The molecule has 0 saturated carbocycles. The zero-order chi connectivity index (χ0) is 18.6. The summed E-state index contributed by atoms with van der Waals surface area (Å²) in [5, 5.41) is 3.73. The van der Waals surface area contributed by atoms with Crippen molar-refractivity contribution in [2.24, 2.45) is 0 Å². The summed E-state index contributed by atoms with van der Waals surface area (Å²) in [6.45, 7) is 5.31. The number of fused-ring (bicyclic) bond motifs is 1. The molecule has 4 nitrogen and oxygen atoms in total. The molecule has 1 aliphatic rings. The summed E-state index contributed by atoms with van der Waals surface area (Å²) in [6, 6.07) is 10.5. The highest BCUT2D eigenvalue weighted by Crippen LogP contribution is 2.30. The molecule has 0 spiro atoms. The maximum Gasteiger partial charge on any atom is 0.171 e. The number of halogens is 2. The molecule has 0 aliphatic carbocycles. The Labute approximate surface area is 185 Å². The topological polar surface area (TPSA) is 28.6 Å². The van der Waals surface area contributed by atoms with Crippen LogP contribution in [0.2, 0.25) is 0 Å². The summed E-state index contributed by atoms with van der Waals surface area (Å²) in [7, 11) is 1.71. The Balaban J connectivity index is 0.00000225. The zero-order valence-corrected chi connectivity index (χ0v) is 19.2. The van der Waals surface area contributed by atoms with Crippen LogP contribution in [0.3, 0.4) is 0 Å². The van der Waals surface area contributed by atoms with Crippen molar-refractivity contribution in [1.29, 1.82) is 0 Å². The minimum atomic E-state index is 0. The number of hydrogen-bond acceptors (Lipinski definition) is 5. The lowest BCUT2D eigenvalue weighted by Crippen LogP contribution is -2.47. The van der Waals surface area contributed by atoms with E-state index in [1.807, 2.05) is 29.7 Å².